The molecule has 1 fully saturated rings. The van der Waals surface area contributed by atoms with Crippen molar-refractivity contribution in [2.24, 2.45) is 0 Å². The summed E-state index contributed by atoms with van der Waals surface area (Å²) in [5, 5.41) is 6.73. The van der Waals surface area contributed by atoms with E-state index in [2.05, 4.69) is 32.6 Å². The first-order valence-corrected chi connectivity index (χ1v) is 8.10. The fourth-order valence-corrected chi connectivity index (χ4v) is 3.92. The molecule has 1 saturated heterocycles. The van der Waals surface area contributed by atoms with Crippen molar-refractivity contribution in [1.29, 1.82) is 0 Å². The van der Waals surface area contributed by atoms with Crippen LogP contribution in [-0.2, 0) is 6.54 Å². The maximum absolute atomic E-state index is 4.56. The summed E-state index contributed by atoms with van der Waals surface area (Å²) >= 11 is 3.53. The van der Waals surface area contributed by atoms with Crippen molar-refractivity contribution in [2.45, 2.75) is 32.2 Å². The minimum Gasteiger partial charge on any atom is -0.297 e. The minimum atomic E-state index is 0.624. The van der Waals surface area contributed by atoms with E-state index >= 15 is 0 Å². The van der Waals surface area contributed by atoms with E-state index < -0.39 is 0 Å². The zero-order valence-corrected chi connectivity index (χ0v) is 12.1. The third-order valence-electron chi connectivity index (χ3n) is 3.36. The van der Waals surface area contributed by atoms with Crippen molar-refractivity contribution in [3.05, 3.63) is 32.7 Å². The normalized spacial score (nSPS) is 21.3. The number of piperidine rings is 1. The quantitative estimate of drug-likeness (QED) is 0.863. The van der Waals surface area contributed by atoms with Crippen molar-refractivity contribution in [1.82, 2.24) is 14.9 Å². The summed E-state index contributed by atoms with van der Waals surface area (Å²) in [6.07, 6.45) is 4.47. The summed E-state index contributed by atoms with van der Waals surface area (Å²) in [7, 11) is 0. The molecule has 2 aromatic heterocycles. The Hall–Kier alpha value is -0.780. The van der Waals surface area contributed by atoms with E-state index in [1.165, 1.54) is 35.1 Å². The fourth-order valence-electron chi connectivity index (χ4n) is 2.55. The van der Waals surface area contributed by atoms with E-state index in [1.807, 2.05) is 6.20 Å². The van der Waals surface area contributed by atoms with E-state index in [0.717, 1.165) is 13.1 Å². The molecule has 0 aromatic carbocycles. The van der Waals surface area contributed by atoms with E-state index in [9.17, 15) is 0 Å². The van der Waals surface area contributed by atoms with Crippen LogP contribution in [0.1, 0.15) is 34.5 Å². The molecule has 2 aromatic rings. The Morgan fingerprint density at radius 1 is 1.44 bits per heavy atom. The topological polar surface area (TPSA) is 29.0 Å². The predicted octanol–water partition coefficient (Wildman–Crippen LogP) is 3.29. The second-order valence-corrected chi connectivity index (χ2v) is 6.79. The maximum atomic E-state index is 4.56. The molecule has 0 radical (unpaired) electrons. The molecule has 0 unspecified atom stereocenters. The maximum Gasteiger partial charge on any atom is 0.0968 e. The third-order valence-corrected chi connectivity index (χ3v) is 5.12. The number of hydrogen-bond acceptors (Lipinski definition) is 5. The molecule has 0 saturated carbocycles. The van der Waals surface area contributed by atoms with Crippen molar-refractivity contribution < 1.29 is 0 Å². The Balaban J connectivity index is 1.63. The van der Waals surface area contributed by atoms with Crippen LogP contribution in [0.25, 0.3) is 0 Å². The summed E-state index contributed by atoms with van der Waals surface area (Å²) in [6, 6.07) is 0. The Bertz CT molecular complexity index is 492. The van der Waals surface area contributed by atoms with Crippen LogP contribution in [0.3, 0.4) is 0 Å². The zero-order valence-electron chi connectivity index (χ0n) is 10.5. The Kier molecular flexibility index (Phi) is 3.72. The number of likely N-dealkylation sites (tertiary alicyclic amines) is 1. The molecule has 0 aliphatic carbocycles. The Labute approximate surface area is 116 Å². The lowest BCUT2D eigenvalue weighted by Crippen LogP contribution is -2.33. The predicted molar refractivity (Wildman–Crippen MR) is 76.2 cm³/mol. The first kappa shape index (κ1) is 12.3. The Morgan fingerprint density at radius 2 is 2.39 bits per heavy atom. The van der Waals surface area contributed by atoms with Crippen molar-refractivity contribution >= 4 is 22.7 Å². The molecule has 3 heterocycles. The van der Waals surface area contributed by atoms with Crippen LogP contribution in [0.4, 0.5) is 0 Å². The minimum absolute atomic E-state index is 0.624. The van der Waals surface area contributed by atoms with Crippen LogP contribution in [0, 0.1) is 6.92 Å². The first-order valence-electron chi connectivity index (χ1n) is 6.34. The highest BCUT2D eigenvalue weighted by atomic mass is 32.1. The summed E-state index contributed by atoms with van der Waals surface area (Å²) < 4.78 is 0. The van der Waals surface area contributed by atoms with Gasteiger partial charge in [-0.25, -0.2) is 9.97 Å². The average molecular weight is 279 g/mol. The zero-order chi connectivity index (χ0) is 12.4. The molecular formula is C13H17N3S2. The summed E-state index contributed by atoms with van der Waals surface area (Å²) in [5.41, 5.74) is 1.22. The molecule has 0 spiro atoms. The van der Waals surface area contributed by atoms with Gasteiger partial charge in [-0.15, -0.1) is 22.7 Å². The molecule has 0 amide bonds. The standard InChI is InChI=1S/C13H17N3S2/c1-10-15-12(9-18-10)8-16-5-2-3-11(7-16)13-14-4-6-17-13/h4,6,9,11H,2-3,5,7-8H2,1H3/t11-/m1/s1. The highest BCUT2D eigenvalue weighted by Crippen LogP contribution is 2.28. The molecule has 18 heavy (non-hydrogen) atoms. The van der Waals surface area contributed by atoms with Gasteiger partial charge in [-0.1, -0.05) is 0 Å². The molecule has 0 N–H and O–H groups in total. The molecule has 0 bridgehead atoms. The first-order chi connectivity index (χ1) is 8.81. The Morgan fingerprint density at radius 3 is 3.11 bits per heavy atom. The number of nitrogens with zero attached hydrogens (tertiary/aromatic N) is 3. The molecule has 1 aliphatic rings. The SMILES string of the molecule is Cc1nc(CN2CCC[C@@H](c3nccs3)C2)cs1. The number of hydrogen-bond donors (Lipinski definition) is 0. The van der Waals surface area contributed by atoms with Gasteiger partial charge in [0, 0.05) is 36.0 Å². The van der Waals surface area contributed by atoms with Gasteiger partial charge in [-0.2, -0.15) is 0 Å². The van der Waals surface area contributed by atoms with Crippen LogP contribution in [0.15, 0.2) is 17.0 Å². The summed E-state index contributed by atoms with van der Waals surface area (Å²) in [6.45, 7) is 5.39. The van der Waals surface area contributed by atoms with Gasteiger partial charge in [-0.3, -0.25) is 4.90 Å². The molecule has 3 rings (SSSR count). The molecule has 96 valence electrons. The van der Waals surface area contributed by atoms with Crippen LogP contribution < -0.4 is 0 Å². The largest absolute Gasteiger partial charge is 0.297 e. The third kappa shape index (κ3) is 2.79. The van der Waals surface area contributed by atoms with Gasteiger partial charge >= 0.3 is 0 Å². The van der Waals surface area contributed by atoms with Gasteiger partial charge in [0.1, 0.15) is 0 Å². The van der Waals surface area contributed by atoms with Gasteiger partial charge in [0.05, 0.1) is 15.7 Å². The molecule has 1 atom stereocenters. The number of thiazole rings is 2. The van der Waals surface area contributed by atoms with E-state index in [-0.39, 0.29) is 0 Å². The summed E-state index contributed by atoms with van der Waals surface area (Å²) in [4.78, 5) is 11.5. The summed E-state index contributed by atoms with van der Waals surface area (Å²) in [5.74, 6) is 0.624. The lowest BCUT2D eigenvalue weighted by Gasteiger charge is -2.31. The van der Waals surface area contributed by atoms with Crippen molar-refractivity contribution in [2.75, 3.05) is 13.1 Å². The lowest BCUT2D eigenvalue weighted by molar-refractivity contribution is 0.198. The van der Waals surface area contributed by atoms with Gasteiger partial charge in [0.2, 0.25) is 0 Å². The van der Waals surface area contributed by atoms with Gasteiger partial charge < -0.3 is 0 Å². The smallest absolute Gasteiger partial charge is 0.0968 e. The molecule has 5 heteroatoms. The van der Waals surface area contributed by atoms with E-state index in [0.29, 0.717) is 5.92 Å². The second kappa shape index (κ2) is 5.47. The monoisotopic (exact) mass is 279 g/mol. The van der Waals surface area contributed by atoms with Crippen molar-refractivity contribution in [3.63, 3.8) is 0 Å². The average Bonchev–Trinajstić information content (AvgIpc) is 3.01. The molecular weight excluding hydrogens is 262 g/mol. The van der Waals surface area contributed by atoms with Crippen LogP contribution in [0.2, 0.25) is 0 Å². The second-order valence-electron chi connectivity index (χ2n) is 4.80. The van der Waals surface area contributed by atoms with E-state index in [1.54, 1.807) is 22.7 Å². The van der Waals surface area contributed by atoms with Crippen LogP contribution >= 0.6 is 22.7 Å². The fraction of sp³-hybridized carbons (Fsp3) is 0.538. The van der Waals surface area contributed by atoms with Gasteiger partial charge in [0.25, 0.3) is 0 Å². The van der Waals surface area contributed by atoms with Crippen molar-refractivity contribution in [3.8, 4) is 0 Å². The van der Waals surface area contributed by atoms with Gasteiger partial charge in [0.15, 0.2) is 0 Å². The highest BCUT2D eigenvalue weighted by Gasteiger charge is 2.23. The van der Waals surface area contributed by atoms with Gasteiger partial charge in [-0.05, 0) is 26.3 Å². The van der Waals surface area contributed by atoms with Crippen LogP contribution in [-0.4, -0.2) is 28.0 Å². The highest BCUT2D eigenvalue weighted by molar-refractivity contribution is 7.09. The lowest BCUT2D eigenvalue weighted by atomic mass is 9.99. The number of rotatable bonds is 3. The number of aromatic nitrogens is 2. The van der Waals surface area contributed by atoms with E-state index in [4.69, 9.17) is 0 Å². The molecule has 1 aliphatic heterocycles. The molecule has 3 nitrogen and oxygen atoms in total. The van der Waals surface area contributed by atoms with Crippen LogP contribution in [0.5, 0.6) is 0 Å². The number of aryl methyl sites for hydroxylation is 1.